The first-order valence-corrected chi connectivity index (χ1v) is 3.23. The van der Waals surface area contributed by atoms with E-state index in [4.69, 9.17) is 0 Å². The van der Waals surface area contributed by atoms with Gasteiger partial charge >= 0.3 is 0 Å². The summed E-state index contributed by atoms with van der Waals surface area (Å²) in [4.78, 5) is 2.99. The van der Waals surface area contributed by atoms with Gasteiger partial charge in [-0.1, -0.05) is 19.1 Å². The molecule has 0 amide bonds. The van der Waals surface area contributed by atoms with Gasteiger partial charge in [0, 0.05) is 12.4 Å². The van der Waals surface area contributed by atoms with Crippen LogP contribution >= 0.6 is 0 Å². The number of H-pyrrole nitrogens is 1. The van der Waals surface area contributed by atoms with Crippen molar-refractivity contribution in [2.75, 3.05) is 0 Å². The van der Waals surface area contributed by atoms with Crippen molar-refractivity contribution in [3.8, 4) is 0 Å². The highest BCUT2D eigenvalue weighted by Crippen LogP contribution is 1.99. The van der Waals surface area contributed by atoms with E-state index < -0.39 is 0 Å². The van der Waals surface area contributed by atoms with E-state index in [1.54, 1.807) is 0 Å². The zero-order valence-corrected chi connectivity index (χ0v) is 5.59. The Hall–Kier alpha value is -0.980. The van der Waals surface area contributed by atoms with E-state index in [0.29, 0.717) is 0 Å². The normalized spacial score (nSPS) is 10.8. The van der Waals surface area contributed by atoms with Crippen molar-refractivity contribution in [2.24, 2.45) is 0 Å². The van der Waals surface area contributed by atoms with Crippen LogP contribution in [0.25, 0.3) is 6.08 Å². The Bertz CT molecular complexity index is 172. The van der Waals surface area contributed by atoms with E-state index >= 15 is 0 Å². The summed E-state index contributed by atoms with van der Waals surface area (Å²) in [6, 6.07) is 2.05. The van der Waals surface area contributed by atoms with Crippen molar-refractivity contribution >= 4 is 6.08 Å². The molecule has 0 radical (unpaired) electrons. The number of allylic oxidation sites excluding steroid dienone is 1. The topological polar surface area (TPSA) is 15.8 Å². The first-order chi connectivity index (χ1) is 4.43. The molecule has 1 aromatic rings. The Balaban J connectivity index is 2.57. The standard InChI is InChI=1S/C8H11N/c1-2-3-4-8-5-6-9-7-8/h3-7,9H,2H2,1H3/b4-3+. The third-order valence-electron chi connectivity index (χ3n) is 1.17. The predicted molar refractivity (Wildman–Crippen MR) is 40.1 cm³/mol. The fourth-order valence-corrected chi connectivity index (χ4v) is 0.694. The molecule has 0 saturated heterocycles. The second-order valence-corrected chi connectivity index (χ2v) is 1.95. The minimum absolute atomic E-state index is 1.10. The van der Waals surface area contributed by atoms with E-state index in [0.717, 1.165) is 6.42 Å². The molecule has 0 aromatic carbocycles. The Morgan fingerprint density at radius 1 is 1.67 bits per heavy atom. The lowest BCUT2D eigenvalue weighted by molar-refractivity contribution is 1.23. The molecule has 0 aliphatic carbocycles. The smallest absolute Gasteiger partial charge is 0.00779 e. The van der Waals surface area contributed by atoms with Crippen molar-refractivity contribution in [3.05, 3.63) is 30.1 Å². The molecule has 1 heteroatoms. The van der Waals surface area contributed by atoms with Crippen LogP contribution in [0.15, 0.2) is 24.5 Å². The molecule has 1 aromatic heterocycles. The van der Waals surface area contributed by atoms with Crippen LogP contribution < -0.4 is 0 Å². The zero-order chi connectivity index (χ0) is 6.53. The average molecular weight is 121 g/mol. The van der Waals surface area contributed by atoms with Crippen LogP contribution in [0.4, 0.5) is 0 Å². The SMILES string of the molecule is CC/C=C/c1cc[nH]c1. The van der Waals surface area contributed by atoms with Gasteiger partial charge in [0.05, 0.1) is 0 Å². The monoisotopic (exact) mass is 121 g/mol. The molecule has 0 aliphatic rings. The zero-order valence-electron chi connectivity index (χ0n) is 5.59. The minimum Gasteiger partial charge on any atom is -0.367 e. The third-order valence-corrected chi connectivity index (χ3v) is 1.17. The van der Waals surface area contributed by atoms with Gasteiger partial charge in [0.2, 0.25) is 0 Å². The van der Waals surface area contributed by atoms with E-state index in [1.807, 2.05) is 18.5 Å². The molecule has 0 aliphatic heterocycles. The van der Waals surface area contributed by atoms with Gasteiger partial charge in [0.15, 0.2) is 0 Å². The highest BCUT2D eigenvalue weighted by molar-refractivity contribution is 5.47. The van der Waals surface area contributed by atoms with Gasteiger partial charge in [-0.15, -0.1) is 0 Å². The number of aromatic amines is 1. The summed E-state index contributed by atoms with van der Waals surface area (Å²) in [6.07, 6.45) is 9.26. The molecular weight excluding hydrogens is 110 g/mol. The molecule has 1 N–H and O–H groups in total. The van der Waals surface area contributed by atoms with E-state index in [2.05, 4.69) is 24.1 Å². The summed E-state index contributed by atoms with van der Waals surface area (Å²) in [5.74, 6) is 0. The quantitative estimate of drug-likeness (QED) is 0.618. The fourth-order valence-electron chi connectivity index (χ4n) is 0.694. The van der Waals surface area contributed by atoms with Gasteiger partial charge in [-0.05, 0) is 18.1 Å². The number of aromatic nitrogens is 1. The molecule has 0 atom stereocenters. The summed E-state index contributed by atoms with van der Waals surface area (Å²) in [5, 5.41) is 0. The average Bonchev–Trinajstić information content (AvgIpc) is 2.34. The van der Waals surface area contributed by atoms with Crippen LogP contribution in [-0.4, -0.2) is 4.98 Å². The summed E-state index contributed by atoms with van der Waals surface area (Å²) in [6.45, 7) is 2.13. The van der Waals surface area contributed by atoms with Crippen molar-refractivity contribution in [1.82, 2.24) is 4.98 Å². The lowest BCUT2D eigenvalue weighted by Crippen LogP contribution is -1.58. The molecular formula is C8H11N. The predicted octanol–water partition coefficient (Wildman–Crippen LogP) is 2.44. The Morgan fingerprint density at radius 3 is 3.11 bits per heavy atom. The largest absolute Gasteiger partial charge is 0.367 e. The molecule has 1 nitrogen and oxygen atoms in total. The molecule has 1 rings (SSSR count). The van der Waals surface area contributed by atoms with Crippen LogP contribution in [0.2, 0.25) is 0 Å². The number of rotatable bonds is 2. The van der Waals surface area contributed by atoms with Crippen LogP contribution in [0.5, 0.6) is 0 Å². The van der Waals surface area contributed by atoms with E-state index in [1.165, 1.54) is 5.56 Å². The molecule has 0 saturated carbocycles. The highest BCUT2D eigenvalue weighted by atomic mass is 14.6. The van der Waals surface area contributed by atoms with Crippen LogP contribution in [0.1, 0.15) is 18.9 Å². The van der Waals surface area contributed by atoms with Gasteiger partial charge in [-0.25, -0.2) is 0 Å². The maximum atomic E-state index is 2.99. The van der Waals surface area contributed by atoms with Crippen molar-refractivity contribution < 1.29 is 0 Å². The summed E-state index contributed by atoms with van der Waals surface area (Å²) < 4.78 is 0. The first kappa shape index (κ1) is 6.14. The van der Waals surface area contributed by atoms with Gasteiger partial charge in [-0.2, -0.15) is 0 Å². The molecule has 0 unspecified atom stereocenters. The number of nitrogens with one attached hydrogen (secondary N) is 1. The maximum absolute atomic E-state index is 2.99. The van der Waals surface area contributed by atoms with Crippen LogP contribution in [-0.2, 0) is 0 Å². The van der Waals surface area contributed by atoms with Crippen molar-refractivity contribution in [2.45, 2.75) is 13.3 Å². The number of hydrogen-bond acceptors (Lipinski definition) is 0. The summed E-state index contributed by atoms with van der Waals surface area (Å²) in [5.41, 5.74) is 1.25. The van der Waals surface area contributed by atoms with Gasteiger partial charge in [0.1, 0.15) is 0 Å². The second-order valence-electron chi connectivity index (χ2n) is 1.95. The molecule has 1 heterocycles. The van der Waals surface area contributed by atoms with Gasteiger partial charge < -0.3 is 4.98 Å². The van der Waals surface area contributed by atoms with Crippen molar-refractivity contribution in [1.29, 1.82) is 0 Å². The molecule has 9 heavy (non-hydrogen) atoms. The molecule has 0 fully saturated rings. The van der Waals surface area contributed by atoms with Gasteiger partial charge in [-0.3, -0.25) is 0 Å². The second kappa shape index (κ2) is 3.13. The maximum Gasteiger partial charge on any atom is 0.00779 e. The van der Waals surface area contributed by atoms with Gasteiger partial charge in [0.25, 0.3) is 0 Å². The molecule has 48 valence electrons. The Morgan fingerprint density at radius 2 is 2.56 bits per heavy atom. The summed E-state index contributed by atoms with van der Waals surface area (Å²) >= 11 is 0. The van der Waals surface area contributed by atoms with Crippen molar-refractivity contribution in [3.63, 3.8) is 0 Å². The highest BCUT2D eigenvalue weighted by Gasteiger charge is 1.80. The number of hydrogen-bond donors (Lipinski definition) is 1. The van der Waals surface area contributed by atoms with E-state index in [-0.39, 0.29) is 0 Å². The molecule has 0 spiro atoms. The Labute approximate surface area is 55.4 Å². The summed E-state index contributed by atoms with van der Waals surface area (Å²) in [7, 11) is 0. The lowest BCUT2D eigenvalue weighted by atomic mass is 10.3. The minimum atomic E-state index is 1.10. The third kappa shape index (κ3) is 1.76. The Kier molecular flexibility index (Phi) is 2.13. The lowest BCUT2D eigenvalue weighted by Gasteiger charge is -1.78. The fraction of sp³-hybridized carbons (Fsp3) is 0.250. The molecule has 0 bridgehead atoms. The van der Waals surface area contributed by atoms with Crippen LogP contribution in [0.3, 0.4) is 0 Å². The first-order valence-electron chi connectivity index (χ1n) is 3.23. The van der Waals surface area contributed by atoms with E-state index in [9.17, 15) is 0 Å². The van der Waals surface area contributed by atoms with Crippen LogP contribution in [0, 0.1) is 0 Å².